The zero-order chi connectivity index (χ0) is 16.6. The van der Waals surface area contributed by atoms with Crippen molar-refractivity contribution in [3.63, 3.8) is 0 Å². The largest absolute Gasteiger partial charge is 0.496 e. The lowest BCUT2D eigenvalue weighted by atomic mass is 9.99. The van der Waals surface area contributed by atoms with E-state index in [4.69, 9.17) is 4.74 Å². The molecule has 0 unspecified atom stereocenters. The molecule has 23 heavy (non-hydrogen) atoms. The molecule has 2 aromatic rings. The molecule has 0 radical (unpaired) electrons. The zero-order valence-electron chi connectivity index (χ0n) is 13.2. The van der Waals surface area contributed by atoms with Crippen LogP contribution in [0.3, 0.4) is 0 Å². The average Bonchev–Trinajstić information content (AvgIpc) is 2.95. The maximum atomic E-state index is 12.9. The summed E-state index contributed by atoms with van der Waals surface area (Å²) in [5.74, 6) is -0.786. The molecule has 0 saturated carbocycles. The van der Waals surface area contributed by atoms with E-state index in [0.717, 1.165) is 16.5 Å². The van der Waals surface area contributed by atoms with Gasteiger partial charge in [-0.2, -0.15) is 0 Å². The summed E-state index contributed by atoms with van der Waals surface area (Å²) >= 11 is 0. The molecule has 0 aromatic heterocycles. The van der Waals surface area contributed by atoms with Crippen LogP contribution >= 0.6 is 0 Å². The Labute approximate surface area is 134 Å². The fraction of sp³-hybridized carbons (Fsp3) is 0.333. The lowest BCUT2D eigenvalue weighted by Crippen LogP contribution is -2.30. The number of benzene rings is 2. The Kier molecular flexibility index (Phi) is 3.94. The molecule has 1 aliphatic rings. The smallest absolute Gasteiger partial charge is 0.308 e. The second-order valence-corrected chi connectivity index (χ2v) is 5.99. The fourth-order valence-corrected chi connectivity index (χ4v) is 3.26. The number of nitrogens with zero attached hydrogens (tertiary/aromatic N) is 1. The van der Waals surface area contributed by atoms with Gasteiger partial charge in [-0.15, -0.1) is 0 Å². The molecule has 0 aliphatic carbocycles. The van der Waals surface area contributed by atoms with Gasteiger partial charge in [0, 0.05) is 24.0 Å². The summed E-state index contributed by atoms with van der Waals surface area (Å²) in [5, 5.41) is 10.9. The monoisotopic (exact) mass is 313 g/mol. The summed E-state index contributed by atoms with van der Waals surface area (Å²) in [7, 11) is 1.60. The Balaban J connectivity index is 1.98. The first-order valence-electron chi connectivity index (χ1n) is 7.60. The molecule has 1 N–H and O–H groups in total. The van der Waals surface area contributed by atoms with Crippen molar-refractivity contribution >= 4 is 22.6 Å². The minimum atomic E-state index is -0.840. The average molecular weight is 313 g/mol. The number of carbonyl (C=O) groups is 2. The number of carboxylic acids is 1. The van der Waals surface area contributed by atoms with E-state index >= 15 is 0 Å². The molecule has 0 spiro atoms. The van der Waals surface area contributed by atoms with Crippen LogP contribution in [-0.4, -0.2) is 42.1 Å². The van der Waals surface area contributed by atoms with Gasteiger partial charge in [0.05, 0.1) is 13.0 Å². The molecule has 1 aliphatic heterocycles. The highest BCUT2D eigenvalue weighted by Crippen LogP contribution is 2.31. The van der Waals surface area contributed by atoms with Crippen molar-refractivity contribution in [2.45, 2.75) is 6.92 Å². The summed E-state index contributed by atoms with van der Waals surface area (Å²) < 4.78 is 5.35. The maximum absolute atomic E-state index is 12.9. The maximum Gasteiger partial charge on any atom is 0.308 e. The number of methoxy groups -OCH3 is 1. The topological polar surface area (TPSA) is 66.8 Å². The minimum absolute atomic E-state index is 0.0408. The van der Waals surface area contributed by atoms with Crippen LogP contribution in [0, 0.1) is 11.8 Å². The van der Waals surface area contributed by atoms with E-state index in [-0.39, 0.29) is 18.4 Å². The van der Waals surface area contributed by atoms with E-state index in [1.54, 1.807) is 24.1 Å². The molecule has 3 rings (SSSR count). The van der Waals surface area contributed by atoms with Crippen LogP contribution in [0.1, 0.15) is 17.3 Å². The third kappa shape index (κ3) is 2.63. The first kappa shape index (κ1) is 15.3. The number of carbonyl (C=O) groups excluding carboxylic acids is 1. The summed E-state index contributed by atoms with van der Waals surface area (Å²) in [5.41, 5.74) is 0.583. The number of fused-ring (bicyclic) bond motifs is 1. The number of aliphatic carboxylic acids is 1. The molecule has 5 nitrogen and oxygen atoms in total. The number of likely N-dealkylation sites (tertiary alicyclic amines) is 1. The predicted octanol–water partition coefficient (Wildman–Crippen LogP) is 2.64. The van der Waals surface area contributed by atoms with Crippen molar-refractivity contribution in [1.29, 1.82) is 0 Å². The Hall–Kier alpha value is -2.56. The van der Waals surface area contributed by atoms with E-state index in [1.165, 1.54) is 0 Å². The number of rotatable bonds is 3. The van der Waals surface area contributed by atoms with Gasteiger partial charge in [-0.1, -0.05) is 31.2 Å². The van der Waals surface area contributed by atoms with Crippen molar-refractivity contribution in [2.24, 2.45) is 11.8 Å². The Morgan fingerprint density at radius 3 is 2.43 bits per heavy atom. The van der Waals surface area contributed by atoms with Gasteiger partial charge in [-0.3, -0.25) is 9.59 Å². The van der Waals surface area contributed by atoms with Crippen LogP contribution in [0.15, 0.2) is 36.4 Å². The van der Waals surface area contributed by atoms with Crippen molar-refractivity contribution < 1.29 is 19.4 Å². The van der Waals surface area contributed by atoms with E-state index in [9.17, 15) is 14.7 Å². The first-order valence-corrected chi connectivity index (χ1v) is 7.60. The van der Waals surface area contributed by atoms with Crippen LogP contribution in [0.25, 0.3) is 10.8 Å². The van der Waals surface area contributed by atoms with Crippen LogP contribution < -0.4 is 4.74 Å². The molecule has 1 heterocycles. The highest BCUT2D eigenvalue weighted by molar-refractivity contribution is 6.08. The molecule has 5 heteroatoms. The Morgan fingerprint density at radius 1 is 1.13 bits per heavy atom. The predicted molar refractivity (Wildman–Crippen MR) is 86.7 cm³/mol. The highest BCUT2D eigenvalue weighted by Gasteiger charge is 2.37. The lowest BCUT2D eigenvalue weighted by Gasteiger charge is -2.18. The SMILES string of the molecule is COc1ccc(C(=O)N2C[C@@H](C)[C@H](C(=O)O)C2)c2ccccc12. The van der Waals surface area contributed by atoms with Gasteiger partial charge in [-0.05, 0) is 23.4 Å². The highest BCUT2D eigenvalue weighted by atomic mass is 16.5. The molecule has 1 amide bonds. The number of carboxylic acid groups (broad SMARTS) is 1. The summed E-state index contributed by atoms with van der Waals surface area (Å²) in [6, 6.07) is 11.1. The van der Waals surface area contributed by atoms with Crippen LogP contribution in [0.5, 0.6) is 5.75 Å². The molecular weight excluding hydrogens is 294 g/mol. The second kappa shape index (κ2) is 5.91. The summed E-state index contributed by atoms with van der Waals surface area (Å²) in [4.78, 5) is 25.8. The molecule has 1 fully saturated rings. The van der Waals surface area contributed by atoms with Crippen LogP contribution in [0.2, 0.25) is 0 Å². The third-order valence-corrected chi connectivity index (χ3v) is 4.55. The Morgan fingerprint density at radius 2 is 1.83 bits per heavy atom. The van der Waals surface area contributed by atoms with Crippen LogP contribution in [0.4, 0.5) is 0 Å². The van der Waals surface area contributed by atoms with E-state index in [0.29, 0.717) is 12.1 Å². The molecule has 2 atom stereocenters. The second-order valence-electron chi connectivity index (χ2n) is 5.99. The van der Waals surface area contributed by atoms with Crippen molar-refractivity contribution in [1.82, 2.24) is 4.90 Å². The molecule has 120 valence electrons. The van der Waals surface area contributed by atoms with Crippen LogP contribution in [-0.2, 0) is 4.79 Å². The zero-order valence-corrected chi connectivity index (χ0v) is 13.2. The van der Waals surface area contributed by atoms with Gasteiger partial charge in [0.2, 0.25) is 0 Å². The quantitative estimate of drug-likeness (QED) is 0.946. The van der Waals surface area contributed by atoms with Gasteiger partial charge in [0.25, 0.3) is 5.91 Å². The first-order chi connectivity index (χ1) is 11.0. The molecular formula is C18H19NO4. The van der Waals surface area contributed by atoms with Gasteiger partial charge in [-0.25, -0.2) is 0 Å². The normalized spacial score (nSPS) is 20.7. The summed E-state index contributed by atoms with van der Waals surface area (Å²) in [6.07, 6.45) is 0. The summed E-state index contributed by atoms with van der Waals surface area (Å²) in [6.45, 7) is 2.60. The number of ether oxygens (including phenoxy) is 1. The van der Waals surface area contributed by atoms with E-state index < -0.39 is 11.9 Å². The van der Waals surface area contributed by atoms with E-state index in [2.05, 4.69) is 0 Å². The minimum Gasteiger partial charge on any atom is -0.496 e. The third-order valence-electron chi connectivity index (χ3n) is 4.55. The van der Waals surface area contributed by atoms with Crippen molar-refractivity contribution in [3.8, 4) is 5.75 Å². The Bertz CT molecular complexity index is 771. The molecule has 1 saturated heterocycles. The number of hydrogen-bond donors (Lipinski definition) is 1. The molecule has 0 bridgehead atoms. The fourth-order valence-electron chi connectivity index (χ4n) is 3.26. The standard InChI is InChI=1S/C18H19NO4/c1-11-9-19(10-15(11)18(21)22)17(20)14-7-8-16(23-2)13-6-4-3-5-12(13)14/h3-8,11,15H,9-10H2,1-2H3,(H,21,22)/t11-,15-/m1/s1. The van der Waals surface area contributed by atoms with Gasteiger partial charge >= 0.3 is 5.97 Å². The number of hydrogen-bond acceptors (Lipinski definition) is 3. The number of amides is 1. The van der Waals surface area contributed by atoms with Gasteiger partial charge in [0.1, 0.15) is 5.75 Å². The van der Waals surface area contributed by atoms with Crippen molar-refractivity contribution in [3.05, 3.63) is 42.0 Å². The molecule has 2 aromatic carbocycles. The van der Waals surface area contributed by atoms with Gasteiger partial charge < -0.3 is 14.7 Å². The van der Waals surface area contributed by atoms with Gasteiger partial charge in [0.15, 0.2) is 0 Å². The lowest BCUT2D eigenvalue weighted by molar-refractivity contribution is -0.142. The van der Waals surface area contributed by atoms with Crippen molar-refractivity contribution in [2.75, 3.05) is 20.2 Å². The van der Waals surface area contributed by atoms with E-state index in [1.807, 2.05) is 31.2 Å².